The van der Waals surface area contributed by atoms with E-state index < -0.39 is 12.8 Å². The first kappa shape index (κ1) is 15.9. The molecule has 1 unspecified atom stereocenters. The van der Waals surface area contributed by atoms with Crippen molar-refractivity contribution in [3.8, 4) is 0 Å². The summed E-state index contributed by atoms with van der Waals surface area (Å²) in [6.45, 7) is 1.62. The monoisotopic (exact) mass is 280 g/mol. The van der Waals surface area contributed by atoms with Gasteiger partial charge in [0.2, 0.25) is 0 Å². The van der Waals surface area contributed by atoms with Crippen molar-refractivity contribution in [3.05, 3.63) is 11.9 Å². The molecule has 0 aliphatic heterocycles. The van der Waals surface area contributed by atoms with Crippen LogP contribution in [-0.2, 0) is 11.8 Å². The van der Waals surface area contributed by atoms with Gasteiger partial charge in [-0.3, -0.25) is 4.68 Å². The second-order valence-corrected chi connectivity index (χ2v) is 4.25. The lowest BCUT2D eigenvalue weighted by atomic mass is 10.1. The topological polar surface area (TPSA) is 52.0 Å². The molecular weight excluding hydrogens is 261 g/mol. The van der Waals surface area contributed by atoms with Gasteiger partial charge in [0, 0.05) is 13.7 Å². The normalized spacial score (nSPS) is 13.7. The Balaban J connectivity index is 2.45. The molecule has 1 heterocycles. The van der Waals surface area contributed by atoms with Crippen LogP contribution in [-0.4, -0.2) is 40.9 Å². The molecule has 19 heavy (non-hydrogen) atoms. The van der Waals surface area contributed by atoms with E-state index in [1.807, 2.05) is 6.92 Å². The molecule has 8 heteroatoms. The Morgan fingerprint density at radius 3 is 2.74 bits per heavy atom. The highest BCUT2D eigenvalue weighted by atomic mass is 19.4. The zero-order valence-corrected chi connectivity index (χ0v) is 11.1. The number of nitrogens with one attached hydrogen (secondary N) is 1. The van der Waals surface area contributed by atoms with Gasteiger partial charge in [-0.05, 0) is 19.4 Å². The van der Waals surface area contributed by atoms with Gasteiger partial charge in [0.25, 0.3) is 0 Å². The van der Waals surface area contributed by atoms with Crippen molar-refractivity contribution in [2.45, 2.75) is 32.0 Å². The molecule has 0 saturated carbocycles. The molecule has 0 saturated heterocycles. The molecule has 0 amide bonds. The minimum Gasteiger partial charge on any atom is -0.372 e. The Hall–Kier alpha value is -1.15. The molecular formula is C11H19F3N4O. The summed E-state index contributed by atoms with van der Waals surface area (Å²) < 4.78 is 42.1. The summed E-state index contributed by atoms with van der Waals surface area (Å²) in [6, 6.07) is -0.104. The predicted octanol–water partition coefficient (Wildman–Crippen LogP) is 1.82. The van der Waals surface area contributed by atoms with Crippen LogP contribution in [0.15, 0.2) is 6.20 Å². The lowest BCUT2D eigenvalue weighted by molar-refractivity contribution is -0.174. The van der Waals surface area contributed by atoms with E-state index in [4.69, 9.17) is 0 Å². The highest BCUT2D eigenvalue weighted by Crippen LogP contribution is 2.17. The van der Waals surface area contributed by atoms with Crippen LogP contribution >= 0.6 is 0 Å². The van der Waals surface area contributed by atoms with Crippen molar-refractivity contribution in [2.75, 3.05) is 19.8 Å². The summed E-state index contributed by atoms with van der Waals surface area (Å²) in [5.41, 5.74) is 0.837. The lowest BCUT2D eigenvalue weighted by Gasteiger charge is -2.18. The minimum absolute atomic E-state index is 0.0338. The van der Waals surface area contributed by atoms with Crippen LogP contribution in [0.3, 0.4) is 0 Å². The SMILES string of the molecule is CCCNC(CCOCC(F)(F)F)c1cnnn1C. The van der Waals surface area contributed by atoms with E-state index in [-0.39, 0.29) is 12.6 Å². The molecule has 0 aliphatic rings. The van der Waals surface area contributed by atoms with Gasteiger partial charge in [-0.15, -0.1) is 5.10 Å². The molecule has 0 aliphatic carbocycles. The fourth-order valence-electron chi connectivity index (χ4n) is 1.68. The number of ether oxygens (including phenoxy) is 1. The maximum absolute atomic E-state index is 12.0. The highest BCUT2D eigenvalue weighted by molar-refractivity contribution is 5.01. The first-order valence-electron chi connectivity index (χ1n) is 6.16. The molecule has 0 spiro atoms. The molecule has 1 rings (SSSR count). The number of aryl methyl sites for hydroxylation is 1. The quantitative estimate of drug-likeness (QED) is 0.738. The van der Waals surface area contributed by atoms with Crippen molar-refractivity contribution < 1.29 is 17.9 Å². The summed E-state index contributed by atoms with van der Waals surface area (Å²) in [5.74, 6) is 0. The standard InChI is InChI=1S/C11H19F3N4O/c1-3-5-15-9(10-7-16-17-18(10)2)4-6-19-8-11(12,13)14/h7,9,15H,3-6,8H2,1-2H3. The van der Waals surface area contributed by atoms with E-state index in [1.54, 1.807) is 17.9 Å². The summed E-state index contributed by atoms with van der Waals surface area (Å²) in [7, 11) is 1.75. The van der Waals surface area contributed by atoms with Crippen LogP contribution < -0.4 is 5.32 Å². The molecule has 0 radical (unpaired) electrons. The largest absolute Gasteiger partial charge is 0.411 e. The molecule has 5 nitrogen and oxygen atoms in total. The van der Waals surface area contributed by atoms with Gasteiger partial charge in [0.05, 0.1) is 17.9 Å². The summed E-state index contributed by atoms with van der Waals surface area (Å²) in [4.78, 5) is 0. The first-order chi connectivity index (χ1) is 8.94. The molecule has 0 aromatic carbocycles. The fraction of sp³-hybridized carbons (Fsp3) is 0.818. The van der Waals surface area contributed by atoms with Crippen LogP contribution in [0, 0.1) is 0 Å². The van der Waals surface area contributed by atoms with E-state index in [0.717, 1.165) is 18.7 Å². The highest BCUT2D eigenvalue weighted by Gasteiger charge is 2.27. The average molecular weight is 280 g/mol. The zero-order chi connectivity index (χ0) is 14.3. The van der Waals surface area contributed by atoms with E-state index in [0.29, 0.717) is 6.42 Å². The second kappa shape index (κ2) is 7.44. The first-order valence-corrected chi connectivity index (χ1v) is 6.16. The zero-order valence-electron chi connectivity index (χ0n) is 11.1. The van der Waals surface area contributed by atoms with Gasteiger partial charge in [-0.1, -0.05) is 12.1 Å². The van der Waals surface area contributed by atoms with Crippen LogP contribution in [0.25, 0.3) is 0 Å². The Morgan fingerprint density at radius 1 is 1.47 bits per heavy atom. The van der Waals surface area contributed by atoms with E-state index in [1.165, 1.54) is 0 Å². The van der Waals surface area contributed by atoms with E-state index in [2.05, 4.69) is 20.4 Å². The summed E-state index contributed by atoms with van der Waals surface area (Å²) in [6.07, 6.45) is -1.29. The number of rotatable bonds is 8. The molecule has 1 atom stereocenters. The average Bonchev–Trinajstić information content (AvgIpc) is 2.73. The lowest BCUT2D eigenvalue weighted by Crippen LogP contribution is -2.26. The Labute approximate surface area is 110 Å². The predicted molar refractivity (Wildman–Crippen MR) is 63.5 cm³/mol. The number of hydrogen-bond acceptors (Lipinski definition) is 4. The Bertz CT molecular complexity index is 367. The number of nitrogens with zero attached hydrogens (tertiary/aromatic N) is 3. The number of alkyl halides is 3. The number of aromatic nitrogens is 3. The van der Waals surface area contributed by atoms with E-state index in [9.17, 15) is 13.2 Å². The third-order valence-electron chi connectivity index (χ3n) is 2.56. The smallest absolute Gasteiger partial charge is 0.372 e. The Kier molecular flexibility index (Phi) is 6.23. The number of halogens is 3. The molecule has 0 bridgehead atoms. The maximum Gasteiger partial charge on any atom is 0.411 e. The van der Waals surface area contributed by atoms with Gasteiger partial charge in [0.1, 0.15) is 6.61 Å². The third-order valence-corrected chi connectivity index (χ3v) is 2.56. The van der Waals surface area contributed by atoms with Crippen molar-refractivity contribution in [1.29, 1.82) is 0 Å². The number of hydrogen-bond donors (Lipinski definition) is 1. The van der Waals surface area contributed by atoms with Crippen molar-refractivity contribution in [1.82, 2.24) is 20.3 Å². The Morgan fingerprint density at radius 2 is 2.21 bits per heavy atom. The molecule has 110 valence electrons. The molecule has 1 aromatic heterocycles. The van der Waals surface area contributed by atoms with Gasteiger partial charge >= 0.3 is 6.18 Å². The van der Waals surface area contributed by atoms with E-state index >= 15 is 0 Å². The summed E-state index contributed by atoms with van der Waals surface area (Å²) in [5, 5.41) is 10.8. The van der Waals surface area contributed by atoms with Crippen molar-refractivity contribution in [2.24, 2.45) is 7.05 Å². The second-order valence-electron chi connectivity index (χ2n) is 4.25. The van der Waals surface area contributed by atoms with Gasteiger partial charge in [-0.25, -0.2) is 0 Å². The van der Waals surface area contributed by atoms with Crippen LogP contribution in [0.5, 0.6) is 0 Å². The van der Waals surface area contributed by atoms with Crippen molar-refractivity contribution in [3.63, 3.8) is 0 Å². The van der Waals surface area contributed by atoms with Gasteiger partial charge < -0.3 is 10.1 Å². The van der Waals surface area contributed by atoms with Crippen LogP contribution in [0.2, 0.25) is 0 Å². The summed E-state index contributed by atoms with van der Waals surface area (Å²) >= 11 is 0. The maximum atomic E-state index is 12.0. The van der Waals surface area contributed by atoms with Crippen LogP contribution in [0.1, 0.15) is 31.5 Å². The fourth-order valence-corrected chi connectivity index (χ4v) is 1.68. The molecule has 0 fully saturated rings. The minimum atomic E-state index is -4.28. The van der Waals surface area contributed by atoms with Crippen molar-refractivity contribution >= 4 is 0 Å². The van der Waals surface area contributed by atoms with Crippen LogP contribution in [0.4, 0.5) is 13.2 Å². The van der Waals surface area contributed by atoms with Gasteiger partial charge in [-0.2, -0.15) is 13.2 Å². The molecule has 1 aromatic rings. The van der Waals surface area contributed by atoms with Gasteiger partial charge in [0.15, 0.2) is 0 Å². The third kappa shape index (κ3) is 6.02. The molecule has 1 N–H and O–H groups in total.